The summed E-state index contributed by atoms with van der Waals surface area (Å²) in [6, 6.07) is 13.5. The number of nitrogens with zero attached hydrogens (tertiary/aromatic N) is 2. The van der Waals surface area contributed by atoms with Crippen molar-refractivity contribution in [1.82, 2.24) is 9.80 Å². The summed E-state index contributed by atoms with van der Waals surface area (Å²) in [7, 11) is 1.83. The van der Waals surface area contributed by atoms with Gasteiger partial charge in [0.1, 0.15) is 6.10 Å². The molecule has 2 aromatic carbocycles. The summed E-state index contributed by atoms with van der Waals surface area (Å²) in [5.74, 6) is 0.0382. The van der Waals surface area contributed by atoms with Crippen LogP contribution in [0.3, 0.4) is 0 Å². The second-order valence-corrected chi connectivity index (χ2v) is 7.54. The van der Waals surface area contributed by atoms with E-state index in [1.54, 1.807) is 9.80 Å². The second kappa shape index (κ2) is 8.67. The minimum absolute atomic E-state index is 0.0105. The first-order chi connectivity index (χ1) is 14.6. The van der Waals surface area contributed by atoms with Gasteiger partial charge in [0.05, 0.1) is 6.61 Å². The maximum Gasteiger partial charge on any atom is 0.253 e. The highest BCUT2D eigenvalue weighted by Gasteiger charge is 2.33. The molecule has 7 nitrogen and oxygen atoms in total. The Balaban J connectivity index is 1.40. The van der Waals surface area contributed by atoms with Gasteiger partial charge in [0, 0.05) is 62.7 Å². The number of carbonyl (C=O) groups excluding carboxylic acids is 2. The standard InChI is InChI=1S/C23H26N4O3/c1-25-20-14-18(6-7-19(20)15-24)16-2-4-17(5-3-16)22(28)26-9-11-27(12-10-26)23(29)21-8-13-30-21/h2-7,14-15,21,24-25H,8-13H2,1H3. The Labute approximate surface area is 176 Å². The Hall–Kier alpha value is -3.19. The zero-order valence-electron chi connectivity index (χ0n) is 17.1. The molecule has 4 rings (SSSR count). The van der Waals surface area contributed by atoms with E-state index in [0.717, 1.165) is 28.8 Å². The zero-order valence-corrected chi connectivity index (χ0v) is 17.1. The van der Waals surface area contributed by atoms with Crippen LogP contribution in [0.5, 0.6) is 0 Å². The van der Waals surface area contributed by atoms with Gasteiger partial charge in [-0.25, -0.2) is 0 Å². The third-order valence-electron chi connectivity index (χ3n) is 5.80. The fourth-order valence-corrected chi connectivity index (χ4v) is 3.83. The number of carbonyl (C=O) groups is 2. The largest absolute Gasteiger partial charge is 0.388 e. The van der Waals surface area contributed by atoms with Crippen LogP contribution in [0.15, 0.2) is 42.5 Å². The molecule has 1 unspecified atom stereocenters. The van der Waals surface area contributed by atoms with Gasteiger partial charge < -0.3 is 25.3 Å². The predicted octanol–water partition coefficient (Wildman–Crippen LogP) is 2.47. The van der Waals surface area contributed by atoms with Gasteiger partial charge in [-0.05, 0) is 29.3 Å². The molecule has 7 heteroatoms. The van der Waals surface area contributed by atoms with Gasteiger partial charge in [-0.15, -0.1) is 0 Å². The molecule has 0 aliphatic carbocycles. The van der Waals surface area contributed by atoms with Crippen LogP contribution in [-0.2, 0) is 9.53 Å². The molecule has 2 heterocycles. The minimum atomic E-state index is -0.281. The van der Waals surface area contributed by atoms with E-state index in [1.165, 1.54) is 6.21 Å². The van der Waals surface area contributed by atoms with E-state index in [2.05, 4.69) is 5.32 Å². The molecule has 0 aromatic heterocycles. The molecular formula is C23H26N4O3. The van der Waals surface area contributed by atoms with Crippen LogP contribution in [0.25, 0.3) is 11.1 Å². The maximum atomic E-state index is 12.9. The molecule has 2 aliphatic rings. The molecule has 0 radical (unpaired) electrons. The summed E-state index contributed by atoms with van der Waals surface area (Å²) in [4.78, 5) is 28.7. The smallest absolute Gasteiger partial charge is 0.253 e. The highest BCUT2D eigenvalue weighted by molar-refractivity contribution is 5.95. The molecule has 2 aromatic rings. The molecule has 30 heavy (non-hydrogen) atoms. The highest BCUT2D eigenvalue weighted by Crippen LogP contribution is 2.25. The number of ether oxygens (including phenoxy) is 1. The molecule has 2 N–H and O–H groups in total. The highest BCUT2D eigenvalue weighted by atomic mass is 16.5. The number of hydrogen-bond donors (Lipinski definition) is 2. The summed E-state index contributed by atoms with van der Waals surface area (Å²) < 4.78 is 5.28. The Bertz CT molecular complexity index is 945. The van der Waals surface area contributed by atoms with Crippen molar-refractivity contribution in [2.45, 2.75) is 12.5 Å². The monoisotopic (exact) mass is 406 g/mol. The zero-order chi connectivity index (χ0) is 21.1. The lowest BCUT2D eigenvalue weighted by atomic mass is 10.0. The summed E-state index contributed by atoms with van der Waals surface area (Å²) >= 11 is 0. The Morgan fingerprint density at radius 1 is 1.03 bits per heavy atom. The van der Waals surface area contributed by atoms with Gasteiger partial charge in [0.2, 0.25) is 0 Å². The molecule has 1 atom stereocenters. The normalized spacial score (nSPS) is 18.5. The summed E-state index contributed by atoms with van der Waals surface area (Å²) in [6.45, 7) is 2.84. The first kappa shape index (κ1) is 20.1. The first-order valence-corrected chi connectivity index (χ1v) is 10.2. The van der Waals surface area contributed by atoms with Crippen molar-refractivity contribution < 1.29 is 14.3 Å². The van der Waals surface area contributed by atoms with Gasteiger partial charge in [0.15, 0.2) is 0 Å². The molecular weight excluding hydrogens is 380 g/mol. The van der Waals surface area contributed by atoms with Crippen LogP contribution in [0, 0.1) is 5.41 Å². The number of rotatable bonds is 5. The van der Waals surface area contributed by atoms with Gasteiger partial charge in [-0.3, -0.25) is 9.59 Å². The lowest BCUT2D eigenvalue weighted by Crippen LogP contribution is -2.54. The minimum Gasteiger partial charge on any atom is -0.388 e. The Morgan fingerprint density at radius 3 is 2.23 bits per heavy atom. The van der Waals surface area contributed by atoms with Gasteiger partial charge in [0.25, 0.3) is 11.8 Å². The number of benzene rings is 2. The van der Waals surface area contributed by atoms with E-state index in [-0.39, 0.29) is 17.9 Å². The van der Waals surface area contributed by atoms with Crippen LogP contribution < -0.4 is 5.32 Å². The van der Waals surface area contributed by atoms with E-state index in [4.69, 9.17) is 10.1 Å². The second-order valence-electron chi connectivity index (χ2n) is 7.54. The molecule has 0 spiro atoms. The van der Waals surface area contributed by atoms with Crippen LogP contribution in [0.1, 0.15) is 22.3 Å². The van der Waals surface area contributed by atoms with Crippen molar-refractivity contribution in [2.24, 2.45) is 0 Å². The molecule has 2 amide bonds. The fraction of sp³-hybridized carbons (Fsp3) is 0.348. The predicted molar refractivity (Wildman–Crippen MR) is 116 cm³/mol. The Morgan fingerprint density at radius 2 is 1.67 bits per heavy atom. The number of anilines is 1. The van der Waals surface area contributed by atoms with Crippen molar-refractivity contribution in [3.8, 4) is 11.1 Å². The lowest BCUT2D eigenvalue weighted by molar-refractivity contribution is -0.157. The SMILES string of the molecule is CNc1cc(-c2ccc(C(=O)N3CCN(C(=O)C4CCO4)CC3)cc2)ccc1C=N. The van der Waals surface area contributed by atoms with Crippen LogP contribution >= 0.6 is 0 Å². The molecule has 2 fully saturated rings. The van der Waals surface area contributed by atoms with Gasteiger partial charge >= 0.3 is 0 Å². The fourth-order valence-electron chi connectivity index (χ4n) is 3.83. The number of amides is 2. The maximum absolute atomic E-state index is 12.9. The summed E-state index contributed by atoms with van der Waals surface area (Å²) in [6.07, 6.45) is 1.84. The third-order valence-corrected chi connectivity index (χ3v) is 5.80. The van der Waals surface area contributed by atoms with Crippen molar-refractivity contribution in [3.05, 3.63) is 53.6 Å². The topological polar surface area (TPSA) is 85.7 Å². The van der Waals surface area contributed by atoms with E-state index in [0.29, 0.717) is 38.3 Å². The third kappa shape index (κ3) is 3.93. The number of hydrogen-bond acceptors (Lipinski definition) is 5. The summed E-state index contributed by atoms with van der Waals surface area (Å²) in [5.41, 5.74) is 4.40. The van der Waals surface area contributed by atoms with Crippen molar-refractivity contribution in [3.63, 3.8) is 0 Å². The Kier molecular flexibility index (Phi) is 5.81. The average molecular weight is 406 g/mol. The van der Waals surface area contributed by atoms with E-state index < -0.39 is 0 Å². The van der Waals surface area contributed by atoms with Crippen LogP contribution in [0.4, 0.5) is 5.69 Å². The van der Waals surface area contributed by atoms with Crippen molar-refractivity contribution in [2.75, 3.05) is 45.2 Å². The van der Waals surface area contributed by atoms with E-state index in [9.17, 15) is 9.59 Å². The van der Waals surface area contributed by atoms with Crippen LogP contribution in [-0.4, -0.2) is 73.8 Å². The number of nitrogens with one attached hydrogen (secondary N) is 2. The molecule has 156 valence electrons. The summed E-state index contributed by atoms with van der Waals surface area (Å²) in [5, 5.41) is 10.6. The molecule has 2 aliphatic heterocycles. The molecule has 0 saturated carbocycles. The van der Waals surface area contributed by atoms with Gasteiger partial charge in [-0.1, -0.05) is 24.3 Å². The lowest BCUT2D eigenvalue weighted by Gasteiger charge is -2.38. The quantitative estimate of drug-likeness (QED) is 0.747. The number of piperazine rings is 1. The van der Waals surface area contributed by atoms with E-state index in [1.807, 2.05) is 49.5 Å². The molecule has 0 bridgehead atoms. The average Bonchev–Trinajstić information content (AvgIpc) is 2.77. The van der Waals surface area contributed by atoms with Gasteiger partial charge in [-0.2, -0.15) is 0 Å². The van der Waals surface area contributed by atoms with Crippen molar-refractivity contribution in [1.29, 1.82) is 5.41 Å². The molecule has 2 saturated heterocycles. The van der Waals surface area contributed by atoms with Crippen LogP contribution in [0.2, 0.25) is 0 Å². The van der Waals surface area contributed by atoms with E-state index >= 15 is 0 Å². The van der Waals surface area contributed by atoms with Crippen molar-refractivity contribution >= 4 is 23.7 Å². The first-order valence-electron chi connectivity index (χ1n) is 10.2.